The molecule has 0 saturated heterocycles. The number of nitrogens with two attached hydrogens (primary N) is 1. The van der Waals surface area contributed by atoms with E-state index in [9.17, 15) is 0 Å². The van der Waals surface area contributed by atoms with Crippen LogP contribution in [0.15, 0.2) is 30.3 Å². The number of anilines is 1. The van der Waals surface area contributed by atoms with E-state index in [4.69, 9.17) is 18.1 Å². The molecule has 4 heteroatoms. The average Bonchev–Trinajstić information content (AvgIpc) is 2.09. The highest BCUT2D eigenvalue weighted by Crippen LogP contribution is 2.07. The minimum absolute atomic E-state index is 0.921. The number of hydrogen-bond acceptors (Lipinski definition) is 3. The molecule has 1 aromatic carbocycles. The van der Waals surface area contributed by atoms with Crippen LogP contribution >= 0.6 is 12.2 Å². The molecule has 0 aromatic heterocycles. The molecule has 3 N–H and O–H groups in total. The summed E-state index contributed by atoms with van der Waals surface area (Å²) in [6.07, 6.45) is 0. The molecule has 0 aliphatic heterocycles. The van der Waals surface area contributed by atoms with Crippen LogP contribution in [0.1, 0.15) is 0 Å². The van der Waals surface area contributed by atoms with Gasteiger partial charge in [0.2, 0.25) is 0 Å². The van der Waals surface area contributed by atoms with Crippen LogP contribution < -0.4 is 16.4 Å². The second kappa shape index (κ2) is 4.02. The minimum Gasteiger partial charge on any atom is -0.260 e. The predicted octanol–water partition coefficient (Wildman–Crippen LogP) is 0.828. The molecule has 0 aliphatic carbocycles. The zero-order valence-corrected chi connectivity index (χ0v) is 6.71. The van der Waals surface area contributed by atoms with Gasteiger partial charge < -0.3 is 0 Å². The Morgan fingerprint density at radius 3 is 2.45 bits per heavy atom. The SMILES string of the molecule is NNN(C=S)c1ccccc1. The van der Waals surface area contributed by atoms with Crippen LogP contribution in [0.25, 0.3) is 0 Å². The number of rotatable bonds is 3. The number of thiocarbonyl (C=S) groups is 1. The minimum atomic E-state index is 0.921. The quantitative estimate of drug-likeness (QED) is 0.397. The first-order chi connectivity index (χ1) is 5.38. The molecule has 0 unspecified atom stereocenters. The normalized spacial score (nSPS) is 9.18. The van der Waals surface area contributed by atoms with Gasteiger partial charge in [0.25, 0.3) is 0 Å². The summed E-state index contributed by atoms with van der Waals surface area (Å²) in [6, 6.07) is 9.57. The Hall–Kier alpha value is -0.970. The van der Waals surface area contributed by atoms with Crippen molar-refractivity contribution in [3.8, 4) is 0 Å². The number of benzene rings is 1. The van der Waals surface area contributed by atoms with Gasteiger partial charge in [-0.2, -0.15) is 5.53 Å². The van der Waals surface area contributed by atoms with E-state index in [1.807, 2.05) is 30.3 Å². The molecule has 0 fully saturated rings. The van der Waals surface area contributed by atoms with Crippen molar-refractivity contribution in [1.29, 1.82) is 0 Å². The van der Waals surface area contributed by atoms with Crippen molar-refractivity contribution in [3.05, 3.63) is 30.3 Å². The van der Waals surface area contributed by atoms with Gasteiger partial charge in [0.15, 0.2) is 0 Å². The van der Waals surface area contributed by atoms with E-state index in [0.29, 0.717) is 0 Å². The first-order valence-electron chi connectivity index (χ1n) is 3.14. The van der Waals surface area contributed by atoms with E-state index in [0.717, 1.165) is 5.69 Å². The zero-order chi connectivity index (χ0) is 8.10. The maximum Gasteiger partial charge on any atom is 0.0859 e. The lowest BCUT2D eigenvalue weighted by Crippen LogP contribution is -2.41. The summed E-state index contributed by atoms with van der Waals surface area (Å²) >= 11 is 4.71. The Morgan fingerprint density at radius 2 is 2.00 bits per heavy atom. The second-order valence-corrected chi connectivity index (χ2v) is 2.15. The van der Waals surface area contributed by atoms with Gasteiger partial charge in [0, 0.05) is 0 Å². The zero-order valence-electron chi connectivity index (χ0n) is 5.90. The molecular weight excluding hydrogens is 158 g/mol. The third kappa shape index (κ3) is 1.98. The van der Waals surface area contributed by atoms with Crippen LogP contribution in [0.2, 0.25) is 0 Å². The fraction of sp³-hybridized carbons (Fsp3) is 0. The highest BCUT2D eigenvalue weighted by Gasteiger charge is 1.96. The van der Waals surface area contributed by atoms with Crippen molar-refractivity contribution in [2.75, 3.05) is 5.01 Å². The molecule has 0 amide bonds. The van der Waals surface area contributed by atoms with Crippen LogP contribution in [0.3, 0.4) is 0 Å². The highest BCUT2D eigenvalue weighted by atomic mass is 32.1. The third-order valence-electron chi connectivity index (χ3n) is 1.28. The standard InChI is InChI=1S/C7H9N3S/c8-9-10(6-11)7-4-2-1-3-5-7/h1-6,9H,8H2. The highest BCUT2D eigenvalue weighted by molar-refractivity contribution is 7.79. The Balaban J connectivity index is 2.82. The molecular formula is C7H9N3S. The van der Waals surface area contributed by atoms with E-state index in [-0.39, 0.29) is 0 Å². The van der Waals surface area contributed by atoms with E-state index >= 15 is 0 Å². The summed E-state index contributed by atoms with van der Waals surface area (Å²) < 4.78 is 0. The van der Waals surface area contributed by atoms with E-state index in [2.05, 4.69) is 5.53 Å². The summed E-state index contributed by atoms with van der Waals surface area (Å²) in [7, 11) is 0. The summed E-state index contributed by atoms with van der Waals surface area (Å²) in [6.45, 7) is 0. The molecule has 0 saturated carbocycles. The summed E-state index contributed by atoms with van der Waals surface area (Å²) in [4.78, 5) is 0. The predicted molar refractivity (Wildman–Crippen MR) is 49.9 cm³/mol. The van der Waals surface area contributed by atoms with Gasteiger partial charge in [-0.15, -0.1) is 0 Å². The lowest BCUT2D eigenvalue weighted by Gasteiger charge is -2.15. The van der Waals surface area contributed by atoms with Gasteiger partial charge in [-0.25, -0.2) is 0 Å². The number of para-hydroxylation sites is 1. The van der Waals surface area contributed by atoms with Crippen molar-refractivity contribution >= 4 is 23.4 Å². The number of hydrogen-bond donors (Lipinski definition) is 2. The molecule has 0 atom stereocenters. The van der Waals surface area contributed by atoms with Crippen LogP contribution in [0.4, 0.5) is 5.69 Å². The molecule has 0 heterocycles. The van der Waals surface area contributed by atoms with Crippen LogP contribution in [0, 0.1) is 0 Å². The van der Waals surface area contributed by atoms with E-state index in [1.54, 1.807) is 5.01 Å². The smallest absolute Gasteiger partial charge is 0.0859 e. The van der Waals surface area contributed by atoms with Crippen molar-refractivity contribution in [2.45, 2.75) is 0 Å². The number of nitrogens with one attached hydrogen (secondary N) is 1. The van der Waals surface area contributed by atoms with E-state index in [1.165, 1.54) is 5.49 Å². The Labute approximate surface area is 70.7 Å². The molecule has 0 spiro atoms. The summed E-state index contributed by atoms with van der Waals surface area (Å²) in [5.41, 5.74) is 4.80. The molecule has 0 bridgehead atoms. The maximum absolute atomic E-state index is 5.19. The largest absolute Gasteiger partial charge is 0.260 e. The number of hydrazine groups is 2. The lowest BCUT2D eigenvalue weighted by molar-refractivity contribution is 0.789. The molecule has 1 aromatic rings. The molecule has 58 valence electrons. The van der Waals surface area contributed by atoms with Gasteiger partial charge >= 0.3 is 0 Å². The van der Waals surface area contributed by atoms with Crippen molar-refractivity contribution < 1.29 is 0 Å². The van der Waals surface area contributed by atoms with Gasteiger partial charge in [-0.05, 0) is 12.1 Å². The monoisotopic (exact) mass is 167 g/mol. The van der Waals surface area contributed by atoms with E-state index < -0.39 is 0 Å². The van der Waals surface area contributed by atoms with Gasteiger partial charge in [-0.1, -0.05) is 30.4 Å². The molecule has 0 aliphatic rings. The Morgan fingerprint density at radius 1 is 1.36 bits per heavy atom. The summed E-state index contributed by atoms with van der Waals surface area (Å²) in [5.74, 6) is 5.19. The second-order valence-electron chi connectivity index (χ2n) is 1.94. The van der Waals surface area contributed by atoms with Crippen molar-refractivity contribution in [3.63, 3.8) is 0 Å². The lowest BCUT2D eigenvalue weighted by atomic mass is 10.3. The van der Waals surface area contributed by atoms with Crippen molar-refractivity contribution in [1.82, 2.24) is 5.53 Å². The van der Waals surface area contributed by atoms with Gasteiger partial charge in [0.05, 0.1) is 11.2 Å². The van der Waals surface area contributed by atoms with Crippen molar-refractivity contribution in [2.24, 2.45) is 5.84 Å². The molecule has 3 nitrogen and oxygen atoms in total. The Kier molecular flexibility index (Phi) is 2.97. The summed E-state index contributed by atoms with van der Waals surface area (Å²) in [5, 5.41) is 1.55. The van der Waals surface area contributed by atoms with Gasteiger partial charge in [-0.3, -0.25) is 10.9 Å². The topological polar surface area (TPSA) is 41.3 Å². The van der Waals surface area contributed by atoms with Crippen LogP contribution in [-0.4, -0.2) is 5.49 Å². The molecule has 0 radical (unpaired) electrons. The van der Waals surface area contributed by atoms with Crippen LogP contribution in [-0.2, 0) is 0 Å². The maximum atomic E-state index is 5.19. The van der Waals surface area contributed by atoms with Crippen LogP contribution in [0.5, 0.6) is 0 Å². The first-order valence-corrected chi connectivity index (χ1v) is 3.61. The molecule has 1 rings (SSSR count). The Bertz CT molecular complexity index is 224. The number of nitrogens with zero attached hydrogens (tertiary/aromatic N) is 1. The first kappa shape index (κ1) is 8.13. The van der Waals surface area contributed by atoms with Gasteiger partial charge in [0.1, 0.15) is 0 Å². The fourth-order valence-corrected chi connectivity index (χ4v) is 0.937. The third-order valence-corrected chi connectivity index (χ3v) is 1.49. The molecule has 11 heavy (non-hydrogen) atoms. The fourth-order valence-electron chi connectivity index (χ4n) is 0.754. The average molecular weight is 167 g/mol.